The molecule has 0 aliphatic carbocycles. The van der Waals surface area contributed by atoms with E-state index in [9.17, 15) is 9.18 Å². The van der Waals surface area contributed by atoms with E-state index in [1.165, 1.54) is 23.4 Å². The van der Waals surface area contributed by atoms with Crippen molar-refractivity contribution in [2.45, 2.75) is 11.8 Å². The van der Waals surface area contributed by atoms with Crippen LogP contribution in [0.2, 0.25) is 0 Å². The van der Waals surface area contributed by atoms with E-state index in [-0.39, 0.29) is 17.1 Å². The van der Waals surface area contributed by atoms with Crippen molar-refractivity contribution in [2.24, 2.45) is 0 Å². The molecule has 0 bridgehead atoms. The Kier molecular flexibility index (Phi) is 4.77. The Morgan fingerprint density at radius 2 is 1.89 bits per heavy atom. The van der Waals surface area contributed by atoms with Crippen LogP contribution in [0, 0.1) is 12.7 Å². The van der Waals surface area contributed by atoms with E-state index in [4.69, 9.17) is 0 Å². The first-order valence-electron chi connectivity index (χ1n) is 5.74. The molecule has 0 saturated carbocycles. The molecule has 98 valence electrons. The smallest absolute Gasteiger partial charge is 0.176 e. The Hall–Kier alpha value is -1.13. The molecule has 1 nitrogen and oxygen atoms in total. The van der Waals surface area contributed by atoms with Gasteiger partial charge in [0.2, 0.25) is 0 Å². The maximum absolute atomic E-state index is 13.8. The van der Waals surface area contributed by atoms with Gasteiger partial charge in [-0.3, -0.25) is 4.79 Å². The minimum absolute atomic E-state index is 0.133. The van der Waals surface area contributed by atoms with Gasteiger partial charge >= 0.3 is 0 Å². The number of carbonyl (C=O) groups excluding carboxylic acids is 1. The van der Waals surface area contributed by atoms with E-state index in [2.05, 4.69) is 15.9 Å². The number of carbonyl (C=O) groups is 1. The predicted molar refractivity (Wildman–Crippen MR) is 80.3 cm³/mol. The molecule has 2 aromatic carbocycles. The fourth-order valence-corrected chi connectivity index (χ4v) is 2.73. The minimum atomic E-state index is -0.489. The number of benzene rings is 2. The van der Waals surface area contributed by atoms with Crippen LogP contribution in [0.15, 0.2) is 51.8 Å². The Morgan fingerprint density at radius 1 is 1.21 bits per heavy atom. The number of ketones is 1. The molecule has 0 heterocycles. The largest absolute Gasteiger partial charge is 0.293 e. The molecule has 0 aliphatic rings. The molecule has 0 saturated heterocycles. The average molecular weight is 339 g/mol. The van der Waals surface area contributed by atoms with Gasteiger partial charge in [-0.15, -0.1) is 11.8 Å². The van der Waals surface area contributed by atoms with Crippen LogP contribution in [0.3, 0.4) is 0 Å². The van der Waals surface area contributed by atoms with Gasteiger partial charge in [0, 0.05) is 4.90 Å². The highest BCUT2D eigenvalue weighted by Crippen LogP contribution is 2.23. The molecule has 0 radical (unpaired) electrons. The summed E-state index contributed by atoms with van der Waals surface area (Å²) in [7, 11) is 0. The van der Waals surface area contributed by atoms with Gasteiger partial charge in [-0.25, -0.2) is 4.39 Å². The third kappa shape index (κ3) is 3.67. The fourth-order valence-electron chi connectivity index (χ4n) is 1.58. The molecular formula is C15H12BrFOS. The molecule has 2 rings (SSSR count). The summed E-state index contributed by atoms with van der Waals surface area (Å²) in [5.74, 6) is -0.461. The third-order valence-electron chi connectivity index (χ3n) is 2.64. The lowest BCUT2D eigenvalue weighted by Crippen LogP contribution is -2.05. The maximum Gasteiger partial charge on any atom is 0.176 e. The van der Waals surface area contributed by atoms with Crippen LogP contribution in [0.5, 0.6) is 0 Å². The zero-order valence-electron chi connectivity index (χ0n) is 10.3. The molecular weight excluding hydrogens is 327 g/mol. The van der Waals surface area contributed by atoms with Crippen molar-refractivity contribution in [1.82, 2.24) is 0 Å². The molecule has 0 fully saturated rings. The predicted octanol–water partition coefficient (Wildman–Crippen LogP) is 4.87. The van der Waals surface area contributed by atoms with E-state index >= 15 is 0 Å². The molecule has 0 spiro atoms. The van der Waals surface area contributed by atoms with Gasteiger partial charge in [0.05, 0.1) is 15.8 Å². The standard InChI is InChI=1S/C15H12BrFOS/c1-10-5-7-11(8-6-10)19-9-14(18)12-3-2-4-13(16)15(12)17/h2-8H,9H2,1H3. The number of hydrogen-bond donors (Lipinski definition) is 0. The summed E-state index contributed by atoms with van der Waals surface area (Å²) >= 11 is 4.50. The van der Waals surface area contributed by atoms with Crippen molar-refractivity contribution in [2.75, 3.05) is 5.75 Å². The van der Waals surface area contributed by atoms with Crippen LogP contribution >= 0.6 is 27.7 Å². The van der Waals surface area contributed by atoms with Gasteiger partial charge in [0.25, 0.3) is 0 Å². The van der Waals surface area contributed by atoms with Crippen molar-refractivity contribution in [3.05, 3.63) is 63.9 Å². The van der Waals surface area contributed by atoms with Crippen molar-refractivity contribution >= 4 is 33.5 Å². The minimum Gasteiger partial charge on any atom is -0.293 e. The van der Waals surface area contributed by atoms with Crippen LogP contribution in [0.4, 0.5) is 4.39 Å². The maximum atomic E-state index is 13.8. The summed E-state index contributed by atoms with van der Waals surface area (Å²) in [5.41, 5.74) is 1.31. The monoisotopic (exact) mass is 338 g/mol. The van der Waals surface area contributed by atoms with Gasteiger partial charge in [-0.2, -0.15) is 0 Å². The van der Waals surface area contributed by atoms with Crippen molar-refractivity contribution in [3.8, 4) is 0 Å². The van der Waals surface area contributed by atoms with Crippen LogP contribution < -0.4 is 0 Å². The molecule has 4 heteroatoms. The van der Waals surface area contributed by atoms with Gasteiger partial charge < -0.3 is 0 Å². The first-order chi connectivity index (χ1) is 9.08. The van der Waals surface area contributed by atoms with E-state index in [0.717, 1.165) is 4.90 Å². The summed E-state index contributed by atoms with van der Waals surface area (Å²) in [6.07, 6.45) is 0. The molecule has 19 heavy (non-hydrogen) atoms. The van der Waals surface area contributed by atoms with E-state index in [1.54, 1.807) is 12.1 Å². The summed E-state index contributed by atoms with van der Waals surface area (Å²) in [4.78, 5) is 13.0. The molecule has 0 unspecified atom stereocenters. The Morgan fingerprint density at radius 3 is 2.58 bits per heavy atom. The van der Waals surface area contributed by atoms with Crippen LogP contribution in [0.1, 0.15) is 15.9 Å². The van der Waals surface area contributed by atoms with Gasteiger partial charge in [-0.05, 0) is 47.1 Å². The number of rotatable bonds is 4. The van der Waals surface area contributed by atoms with E-state index in [1.807, 2.05) is 31.2 Å². The number of hydrogen-bond acceptors (Lipinski definition) is 2. The van der Waals surface area contributed by atoms with Gasteiger partial charge in [0.15, 0.2) is 5.78 Å². The Balaban J connectivity index is 2.05. The molecule has 0 amide bonds. The third-order valence-corrected chi connectivity index (χ3v) is 4.27. The molecule has 2 aromatic rings. The van der Waals surface area contributed by atoms with Crippen molar-refractivity contribution in [1.29, 1.82) is 0 Å². The normalized spacial score (nSPS) is 10.5. The quantitative estimate of drug-likeness (QED) is 0.584. The van der Waals surface area contributed by atoms with Gasteiger partial charge in [0.1, 0.15) is 5.82 Å². The number of Topliss-reactive ketones (excluding diaryl/α,β-unsaturated/α-hetero) is 1. The van der Waals surface area contributed by atoms with Crippen LogP contribution in [-0.4, -0.2) is 11.5 Å². The Labute approximate surface area is 124 Å². The fraction of sp³-hybridized carbons (Fsp3) is 0.133. The van der Waals surface area contributed by atoms with Crippen LogP contribution in [0.25, 0.3) is 0 Å². The topological polar surface area (TPSA) is 17.1 Å². The number of halogens is 2. The molecule has 0 atom stereocenters. The summed E-state index contributed by atoms with van der Waals surface area (Å²) in [5, 5.41) is 0. The second-order valence-corrected chi connectivity index (χ2v) is 6.03. The first-order valence-corrected chi connectivity index (χ1v) is 7.52. The van der Waals surface area contributed by atoms with E-state index in [0.29, 0.717) is 4.47 Å². The lowest BCUT2D eigenvalue weighted by Gasteiger charge is -2.04. The second kappa shape index (κ2) is 6.35. The van der Waals surface area contributed by atoms with Crippen molar-refractivity contribution in [3.63, 3.8) is 0 Å². The number of aryl methyl sites for hydroxylation is 1. The van der Waals surface area contributed by atoms with Crippen LogP contribution in [-0.2, 0) is 0 Å². The summed E-state index contributed by atoms with van der Waals surface area (Å²) in [6, 6.07) is 12.7. The second-order valence-electron chi connectivity index (χ2n) is 4.13. The number of thioether (sulfide) groups is 1. The lowest BCUT2D eigenvalue weighted by molar-refractivity contribution is 0.101. The molecule has 0 aliphatic heterocycles. The Bertz CT molecular complexity index is 596. The van der Waals surface area contributed by atoms with E-state index < -0.39 is 5.82 Å². The highest BCUT2D eigenvalue weighted by molar-refractivity contribution is 9.10. The SMILES string of the molecule is Cc1ccc(SCC(=O)c2cccc(Br)c2F)cc1. The summed E-state index contributed by atoms with van der Waals surface area (Å²) in [6.45, 7) is 2.01. The summed E-state index contributed by atoms with van der Waals surface area (Å²) < 4.78 is 14.1. The van der Waals surface area contributed by atoms with Crippen molar-refractivity contribution < 1.29 is 9.18 Å². The first kappa shape index (κ1) is 14.3. The zero-order valence-corrected chi connectivity index (χ0v) is 12.7. The molecule has 0 N–H and O–H groups in total. The molecule has 0 aromatic heterocycles. The average Bonchev–Trinajstić information content (AvgIpc) is 2.41. The zero-order chi connectivity index (χ0) is 13.8. The highest BCUT2D eigenvalue weighted by atomic mass is 79.9. The highest BCUT2D eigenvalue weighted by Gasteiger charge is 2.13. The van der Waals surface area contributed by atoms with Gasteiger partial charge in [-0.1, -0.05) is 23.8 Å². The lowest BCUT2D eigenvalue weighted by atomic mass is 10.1.